The molecule has 0 heterocycles. The lowest BCUT2D eigenvalue weighted by molar-refractivity contribution is -0.184. The topological polar surface area (TPSA) is 94.8 Å². The second-order valence-corrected chi connectivity index (χ2v) is 10.1. The Bertz CT molecular complexity index is 713. The molecule has 0 saturated heterocycles. The molecule has 3 N–H and O–H groups in total. The summed E-state index contributed by atoms with van der Waals surface area (Å²) in [4.78, 5) is 24.5. The molecular formula is C22H32O5. The van der Waals surface area contributed by atoms with Crippen LogP contribution in [0.1, 0.15) is 59.3 Å². The number of carbonyl (C=O) groups excluding carboxylic acids is 2. The number of ketones is 2. The van der Waals surface area contributed by atoms with Crippen molar-refractivity contribution < 1.29 is 24.9 Å². The third-order valence-corrected chi connectivity index (χ3v) is 8.97. The van der Waals surface area contributed by atoms with E-state index in [-0.39, 0.29) is 34.9 Å². The lowest BCUT2D eigenvalue weighted by atomic mass is 9.44. The number of Topliss-reactive ketones (excluding diaryl/α,β-unsaturated/α-hetero) is 1. The highest BCUT2D eigenvalue weighted by Gasteiger charge is 2.68. The molecule has 3 saturated carbocycles. The van der Waals surface area contributed by atoms with E-state index in [1.807, 2.05) is 13.0 Å². The summed E-state index contributed by atoms with van der Waals surface area (Å²) in [5.74, 6) is 0.341. The van der Waals surface area contributed by atoms with Crippen molar-refractivity contribution in [3.63, 3.8) is 0 Å². The minimum Gasteiger partial charge on any atom is -0.393 e. The largest absolute Gasteiger partial charge is 0.393 e. The monoisotopic (exact) mass is 376 g/mol. The van der Waals surface area contributed by atoms with Gasteiger partial charge in [-0.2, -0.15) is 0 Å². The summed E-state index contributed by atoms with van der Waals surface area (Å²) >= 11 is 0. The van der Waals surface area contributed by atoms with Crippen molar-refractivity contribution in [1.29, 1.82) is 0 Å². The average molecular weight is 376 g/mol. The molecule has 3 fully saturated rings. The Kier molecular flexibility index (Phi) is 4.27. The van der Waals surface area contributed by atoms with Crippen LogP contribution in [-0.4, -0.2) is 45.2 Å². The zero-order valence-corrected chi connectivity index (χ0v) is 16.6. The Balaban J connectivity index is 1.77. The molecule has 0 aromatic carbocycles. The average Bonchev–Trinajstić information content (AvgIpc) is 2.87. The molecule has 0 aliphatic heterocycles. The first kappa shape index (κ1) is 19.3. The van der Waals surface area contributed by atoms with Crippen LogP contribution in [0.3, 0.4) is 0 Å². The number of fused-ring (bicyclic) bond motifs is 5. The summed E-state index contributed by atoms with van der Waals surface area (Å²) in [6, 6.07) is 0. The van der Waals surface area contributed by atoms with E-state index in [9.17, 15) is 24.9 Å². The molecule has 0 unspecified atom stereocenters. The minimum atomic E-state index is -1.55. The predicted octanol–water partition coefficient (Wildman–Crippen LogP) is 2.03. The number of rotatable bonds is 2. The Hall–Kier alpha value is -1.04. The summed E-state index contributed by atoms with van der Waals surface area (Å²) in [6.07, 6.45) is 4.84. The smallest absolute Gasteiger partial charge is 0.190 e. The predicted molar refractivity (Wildman–Crippen MR) is 99.7 cm³/mol. The number of carbonyl (C=O) groups is 2. The molecule has 0 bridgehead atoms. The van der Waals surface area contributed by atoms with Crippen LogP contribution >= 0.6 is 0 Å². The van der Waals surface area contributed by atoms with E-state index in [4.69, 9.17) is 0 Å². The van der Waals surface area contributed by atoms with Gasteiger partial charge >= 0.3 is 0 Å². The van der Waals surface area contributed by atoms with Gasteiger partial charge in [-0.25, -0.2) is 0 Å². The molecular weight excluding hydrogens is 344 g/mol. The number of aliphatic hydroxyl groups is 3. The summed E-state index contributed by atoms with van der Waals surface area (Å²) < 4.78 is 0. The van der Waals surface area contributed by atoms with E-state index in [0.29, 0.717) is 19.3 Å². The summed E-state index contributed by atoms with van der Waals surface area (Å²) in [5, 5.41) is 31.9. The van der Waals surface area contributed by atoms with Gasteiger partial charge in [-0.1, -0.05) is 26.3 Å². The van der Waals surface area contributed by atoms with E-state index in [2.05, 4.69) is 13.8 Å². The van der Waals surface area contributed by atoms with E-state index < -0.39 is 29.5 Å². The maximum absolute atomic E-state index is 12.4. The fraction of sp³-hybridized carbons (Fsp3) is 0.818. The Morgan fingerprint density at radius 2 is 2.00 bits per heavy atom. The standard InChI is InChI=1S/C22H32O5/c1-12-8-14-15-5-7-22(27,18(26)11-23)21(15,3)10-17(25)19(14)20(2)6-4-13(24)9-16(12)20/h9,12,14-15,17,19,23,25,27H,4-8,10-11H2,1-3H3/t12-,14+,15+,17+,19-,20+,21+,22+/m1/s1. The van der Waals surface area contributed by atoms with Gasteiger partial charge in [0.05, 0.1) is 6.10 Å². The highest BCUT2D eigenvalue weighted by molar-refractivity contribution is 5.92. The Morgan fingerprint density at radius 1 is 1.30 bits per heavy atom. The second-order valence-electron chi connectivity index (χ2n) is 10.1. The van der Waals surface area contributed by atoms with Gasteiger partial charge in [0.25, 0.3) is 0 Å². The molecule has 0 radical (unpaired) electrons. The third-order valence-electron chi connectivity index (χ3n) is 8.97. The van der Waals surface area contributed by atoms with Crippen LogP contribution in [0.15, 0.2) is 11.6 Å². The molecule has 4 aliphatic carbocycles. The Labute approximate surface area is 160 Å². The maximum atomic E-state index is 12.4. The SMILES string of the molecule is C[C@@H]1C[C@@H]2[C@H]([C@@H](O)C[C@@]3(C)[C@H]2CC[C@]3(O)C(=O)CO)[C@@]2(C)CCC(=O)C=C12. The first-order chi connectivity index (χ1) is 12.6. The maximum Gasteiger partial charge on any atom is 0.190 e. The van der Waals surface area contributed by atoms with Gasteiger partial charge in [-0.3, -0.25) is 9.59 Å². The van der Waals surface area contributed by atoms with Crippen molar-refractivity contribution in [2.75, 3.05) is 6.61 Å². The van der Waals surface area contributed by atoms with Crippen molar-refractivity contribution in [3.8, 4) is 0 Å². The molecule has 5 nitrogen and oxygen atoms in total. The highest BCUT2D eigenvalue weighted by Crippen LogP contribution is 2.68. The lowest BCUT2D eigenvalue weighted by Crippen LogP contribution is -2.62. The van der Waals surface area contributed by atoms with Gasteiger partial charge in [0.15, 0.2) is 11.6 Å². The van der Waals surface area contributed by atoms with Crippen LogP contribution in [0.5, 0.6) is 0 Å². The number of allylic oxidation sites excluding steroid dienone is 1. The van der Waals surface area contributed by atoms with Crippen LogP contribution < -0.4 is 0 Å². The summed E-state index contributed by atoms with van der Waals surface area (Å²) in [5.41, 5.74) is -1.28. The van der Waals surface area contributed by atoms with Gasteiger partial charge in [0.2, 0.25) is 0 Å². The molecule has 0 aromatic heterocycles. The van der Waals surface area contributed by atoms with Crippen LogP contribution in [0.4, 0.5) is 0 Å². The van der Waals surface area contributed by atoms with E-state index in [1.54, 1.807) is 0 Å². The Morgan fingerprint density at radius 3 is 2.67 bits per heavy atom. The number of hydrogen-bond donors (Lipinski definition) is 3. The molecule has 8 atom stereocenters. The van der Waals surface area contributed by atoms with Gasteiger partial charge in [0.1, 0.15) is 12.2 Å². The van der Waals surface area contributed by atoms with Gasteiger partial charge in [-0.05, 0) is 67.3 Å². The van der Waals surface area contributed by atoms with E-state index in [1.165, 1.54) is 5.57 Å². The van der Waals surface area contributed by atoms with Crippen molar-refractivity contribution in [2.45, 2.75) is 71.0 Å². The number of aliphatic hydroxyl groups excluding tert-OH is 2. The molecule has 4 rings (SSSR count). The molecule has 150 valence electrons. The summed E-state index contributed by atoms with van der Waals surface area (Å²) in [7, 11) is 0. The first-order valence-electron chi connectivity index (χ1n) is 10.4. The van der Waals surface area contributed by atoms with Gasteiger partial charge in [0, 0.05) is 11.8 Å². The molecule has 0 spiro atoms. The van der Waals surface area contributed by atoms with Crippen LogP contribution in [0, 0.1) is 34.5 Å². The fourth-order valence-electron chi connectivity index (χ4n) is 7.71. The van der Waals surface area contributed by atoms with Crippen LogP contribution in [0.25, 0.3) is 0 Å². The fourth-order valence-corrected chi connectivity index (χ4v) is 7.71. The van der Waals surface area contributed by atoms with E-state index in [0.717, 1.165) is 19.3 Å². The van der Waals surface area contributed by atoms with Crippen LogP contribution in [-0.2, 0) is 9.59 Å². The normalized spacial score (nSPS) is 51.9. The first-order valence-corrected chi connectivity index (χ1v) is 10.4. The molecule has 5 heteroatoms. The minimum absolute atomic E-state index is 0.0534. The zero-order valence-electron chi connectivity index (χ0n) is 16.6. The number of hydrogen-bond acceptors (Lipinski definition) is 5. The molecule has 0 aromatic rings. The van der Waals surface area contributed by atoms with Crippen molar-refractivity contribution in [2.24, 2.45) is 34.5 Å². The summed E-state index contributed by atoms with van der Waals surface area (Å²) in [6.45, 7) is 5.63. The van der Waals surface area contributed by atoms with Gasteiger partial charge in [-0.15, -0.1) is 0 Å². The highest BCUT2D eigenvalue weighted by atomic mass is 16.3. The lowest BCUT2D eigenvalue weighted by Gasteiger charge is -2.61. The van der Waals surface area contributed by atoms with Crippen LogP contribution in [0.2, 0.25) is 0 Å². The zero-order chi connectivity index (χ0) is 19.8. The molecule has 0 amide bonds. The van der Waals surface area contributed by atoms with Gasteiger partial charge < -0.3 is 15.3 Å². The third kappa shape index (κ3) is 2.34. The second kappa shape index (κ2) is 5.98. The van der Waals surface area contributed by atoms with E-state index >= 15 is 0 Å². The van der Waals surface area contributed by atoms with Crippen molar-refractivity contribution >= 4 is 11.6 Å². The molecule has 4 aliphatic rings. The van der Waals surface area contributed by atoms with Crippen molar-refractivity contribution in [3.05, 3.63) is 11.6 Å². The molecule has 27 heavy (non-hydrogen) atoms. The quantitative estimate of drug-likeness (QED) is 0.685. The van der Waals surface area contributed by atoms with Crippen molar-refractivity contribution in [1.82, 2.24) is 0 Å².